The SMILES string of the molecule is Fc1ccc(Cl)cc1-c1cc2ccccc2cc1Br. The number of halogens is 3. The van der Waals surface area contributed by atoms with E-state index in [9.17, 15) is 4.39 Å². The average molecular weight is 336 g/mol. The summed E-state index contributed by atoms with van der Waals surface area (Å²) in [5.74, 6) is -0.277. The fraction of sp³-hybridized carbons (Fsp3) is 0. The Labute approximate surface area is 124 Å². The van der Waals surface area contributed by atoms with Crippen molar-refractivity contribution in [1.29, 1.82) is 0 Å². The Kier molecular flexibility index (Phi) is 3.29. The lowest BCUT2D eigenvalue weighted by atomic mass is 10.0. The fourth-order valence-electron chi connectivity index (χ4n) is 2.12. The fourth-order valence-corrected chi connectivity index (χ4v) is 2.87. The van der Waals surface area contributed by atoms with E-state index in [0.717, 1.165) is 20.8 Å². The van der Waals surface area contributed by atoms with Crippen molar-refractivity contribution in [3.8, 4) is 11.1 Å². The first-order valence-electron chi connectivity index (χ1n) is 5.79. The lowest BCUT2D eigenvalue weighted by molar-refractivity contribution is 0.631. The molecule has 0 saturated carbocycles. The summed E-state index contributed by atoms with van der Waals surface area (Å²) in [7, 11) is 0. The highest BCUT2D eigenvalue weighted by Gasteiger charge is 2.10. The number of benzene rings is 3. The molecule has 0 nitrogen and oxygen atoms in total. The largest absolute Gasteiger partial charge is 0.206 e. The zero-order chi connectivity index (χ0) is 13.4. The van der Waals surface area contributed by atoms with Crippen LogP contribution in [0.4, 0.5) is 4.39 Å². The minimum Gasteiger partial charge on any atom is -0.206 e. The zero-order valence-corrected chi connectivity index (χ0v) is 12.2. The minimum absolute atomic E-state index is 0.277. The molecule has 3 rings (SSSR count). The zero-order valence-electron chi connectivity index (χ0n) is 9.83. The Morgan fingerprint density at radius 3 is 2.26 bits per heavy atom. The van der Waals surface area contributed by atoms with Crippen molar-refractivity contribution in [2.45, 2.75) is 0 Å². The molecule has 0 radical (unpaired) electrons. The molecule has 0 N–H and O–H groups in total. The van der Waals surface area contributed by atoms with Gasteiger partial charge in [-0.1, -0.05) is 51.8 Å². The van der Waals surface area contributed by atoms with Crippen LogP contribution in [0.5, 0.6) is 0 Å². The van der Waals surface area contributed by atoms with E-state index < -0.39 is 0 Å². The summed E-state index contributed by atoms with van der Waals surface area (Å²) in [5, 5.41) is 2.71. The number of fused-ring (bicyclic) bond motifs is 1. The van der Waals surface area contributed by atoms with Gasteiger partial charge in [-0.05, 0) is 46.7 Å². The summed E-state index contributed by atoms with van der Waals surface area (Å²) in [4.78, 5) is 0. The molecular formula is C16H9BrClF. The van der Waals surface area contributed by atoms with Crippen LogP contribution >= 0.6 is 27.5 Å². The van der Waals surface area contributed by atoms with Crippen LogP contribution in [0.3, 0.4) is 0 Å². The smallest absolute Gasteiger partial charge is 0.131 e. The molecule has 3 aromatic carbocycles. The molecule has 0 atom stereocenters. The summed E-state index contributed by atoms with van der Waals surface area (Å²) in [6.07, 6.45) is 0. The van der Waals surface area contributed by atoms with E-state index in [2.05, 4.69) is 15.9 Å². The normalized spacial score (nSPS) is 10.9. The molecule has 0 aliphatic rings. The van der Waals surface area contributed by atoms with Gasteiger partial charge in [-0.2, -0.15) is 0 Å². The van der Waals surface area contributed by atoms with Gasteiger partial charge in [0.15, 0.2) is 0 Å². The van der Waals surface area contributed by atoms with Gasteiger partial charge in [-0.15, -0.1) is 0 Å². The molecule has 3 aromatic rings. The van der Waals surface area contributed by atoms with Crippen molar-refractivity contribution in [2.75, 3.05) is 0 Å². The third-order valence-corrected chi connectivity index (χ3v) is 3.95. The van der Waals surface area contributed by atoms with Crippen LogP contribution < -0.4 is 0 Å². The van der Waals surface area contributed by atoms with Gasteiger partial charge in [0.2, 0.25) is 0 Å². The van der Waals surface area contributed by atoms with E-state index in [-0.39, 0.29) is 5.82 Å². The second kappa shape index (κ2) is 4.95. The molecule has 0 unspecified atom stereocenters. The Bertz CT molecular complexity index is 768. The van der Waals surface area contributed by atoms with Crippen LogP contribution in [0.25, 0.3) is 21.9 Å². The maximum Gasteiger partial charge on any atom is 0.131 e. The van der Waals surface area contributed by atoms with Crippen LogP contribution in [0.2, 0.25) is 5.02 Å². The van der Waals surface area contributed by atoms with Gasteiger partial charge in [0.05, 0.1) is 0 Å². The topological polar surface area (TPSA) is 0 Å². The van der Waals surface area contributed by atoms with E-state index in [1.807, 2.05) is 36.4 Å². The van der Waals surface area contributed by atoms with Crippen LogP contribution in [0.1, 0.15) is 0 Å². The molecule has 0 saturated heterocycles. The van der Waals surface area contributed by atoms with E-state index in [1.165, 1.54) is 6.07 Å². The first-order chi connectivity index (χ1) is 9.15. The van der Waals surface area contributed by atoms with E-state index >= 15 is 0 Å². The molecule has 0 amide bonds. The molecule has 0 aliphatic carbocycles. The van der Waals surface area contributed by atoms with Crippen LogP contribution in [-0.4, -0.2) is 0 Å². The number of hydrogen-bond donors (Lipinski definition) is 0. The van der Waals surface area contributed by atoms with Gasteiger partial charge in [-0.3, -0.25) is 0 Å². The van der Waals surface area contributed by atoms with Crippen LogP contribution in [-0.2, 0) is 0 Å². The molecule has 3 heteroatoms. The monoisotopic (exact) mass is 334 g/mol. The van der Waals surface area contributed by atoms with Gasteiger partial charge in [-0.25, -0.2) is 4.39 Å². The van der Waals surface area contributed by atoms with Gasteiger partial charge in [0.25, 0.3) is 0 Å². The Balaban J connectivity index is 2.30. The van der Waals surface area contributed by atoms with Crippen molar-refractivity contribution in [3.05, 3.63) is 69.9 Å². The van der Waals surface area contributed by atoms with Crippen molar-refractivity contribution >= 4 is 38.3 Å². The molecule has 0 aromatic heterocycles. The first kappa shape index (κ1) is 12.6. The third kappa shape index (κ3) is 2.38. The average Bonchev–Trinajstić information content (AvgIpc) is 2.41. The highest BCUT2D eigenvalue weighted by molar-refractivity contribution is 9.10. The quantitative estimate of drug-likeness (QED) is 0.507. The van der Waals surface area contributed by atoms with Gasteiger partial charge < -0.3 is 0 Å². The molecule has 0 spiro atoms. The van der Waals surface area contributed by atoms with E-state index in [1.54, 1.807) is 12.1 Å². The van der Waals surface area contributed by atoms with Crippen molar-refractivity contribution in [1.82, 2.24) is 0 Å². The molecule has 0 bridgehead atoms. The highest BCUT2D eigenvalue weighted by atomic mass is 79.9. The summed E-state index contributed by atoms with van der Waals surface area (Å²) < 4.78 is 14.8. The summed E-state index contributed by atoms with van der Waals surface area (Å²) in [6.45, 7) is 0. The maximum atomic E-state index is 14.0. The lowest BCUT2D eigenvalue weighted by Crippen LogP contribution is -1.86. The Morgan fingerprint density at radius 2 is 1.53 bits per heavy atom. The molecule has 0 heterocycles. The third-order valence-electron chi connectivity index (χ3n) is 3.05. The van der Waals surface area contributed by atoms with Crippen molar-refractivity contribution < 1.29 is 4.39 Å². The van der Waals surface area contributed by atoms with E-state index in [4.69, 9.17) is 11.6 Å². The second-order valence-electron chi connectivity index (χ2n) is 4.30. The molecule has 19 heavy (non-hydrogen) atoms. The molecule has 94 valence electrons. The molecular weight excluding hydrogens is 327 g/mol. The Hall–Kier alpha value is -1.38. The van der Waals surface area contributed by atoms with E-state index in [0.29, 0.717) is 10.6 Å². The lowest BCUT2D eigenvalue weighted by Gasteiger charge is -2.09. The van der Waals surface area contributed by atoms with Gasteiger partial charge in [0.1, 0.15) is 5.82 Å². The van der Waals surface area contributed by atoms with Crippen molar-refractivity contribution in [2.24, 2.45) is 0 Å². The molecule has 0 fully saturated rings. The second-order valence-corrected chi connectivity index (χ2v) is 5.59. The summed E-state index contributed by atoms with van der Waals surface area (Å²) in [5.41, 5.74) is 1.31. The van der Waals surface area contributed by atoms with Gasteiger partial charge >= 0.3 is 0 Å². The van der Waals surface area contributed by atoms with Crippen LogP contribution in [0.15, 0.2) is 59.1 Å². The summed E-state index contributed by atoms with van der Waals surface area (Å²) >= 11 is 9.46. The predicted octanol–water partition coefficient (Wildman–Crippen LogP) is 6.06. The first-order valence-corrected chi connectivity index (χ1v) is 6.96. The highest BCUT2D eigenvalue weighted by Crippen LogP contribution is 2.35. The summed E-state index contributed by atoms with van der Waals surface area (Å²) in [6, 6.07) is 16.5. The van der Waals surface area contributed by atoms with Crippen LogP contribution in [0, 0.1) is 5.82 Å². The standard InChI is InChI=1S/C16H9BrClF/c17-15-8-11-4-2-1-3-10(11)7-13(15)14-9-12(18)5-6-16(14)19/h1-9H. The predicted molar refractivity (Wildman–Crippen MR) is 82.1 cm³/mol. The Morgan fingerprint density at radius 1 is 0.842 bits per heavy atom. The minimum atomic E-state index is -0.277. The number of hydrogen-bond acceptors (Lipinski definition) is 0. The maximum absolute atomic E-state index is 14.0. The van der Waals surface area contributed by atoms with Crippen molar-refractivity contribution in [3.63, 3.8) is 0 Å². The number of rotatable bonds is 1. The van der Waals surface area contributed by atoms with Gasteiger partial charge in [0, 0.05) is 15.1 Å². The molecule has 0 aliphatic heterocycles.